The Bertz CT molecular complexity index is 636. The predicted molar refractivity (Wildman–Crippen MR) is 92.8 cm³/mol. The molecule has 2 saturated heterocycles. The monoisotopic (exact) mass is 330 g/mol. The Morgan fingerprint density at radius 1 is 1.25 bits per heavy atom. The van der Waals surface area contributed by atoms with Crippen molar-refractivity contribution in [3.63, 3.8) is 0 Å². The van der Waals surface area contributed by atoms with Gasteiger partial charge in [0.1, 0.15) is 12.4 Å². The lowest BCUT2D eigenvalue weighted by Gasteiger charge is -2.45. The van der Waals surface area contributed by atoms with Gasteiger partial charge in [0.2, 0.25) is 11.8 Å². The van der Waals surface area contributed by atoms with E-state index < -0.39 is 0 Å². The van der Waals surface area contributed by atoms with Crippen LogP contribution in [-0.2, 0) is 9.59 Å². The van der Waals surface area contributed by atoms with Crippen LogP contribution < -0.4 is 4.90 Å². The largest absolute Gasteiger partial charge is 0.356 e. The van der Waals surface area contributed by atoms with E-state index in [0.717, 1.165) is 43.9 Å². The summed E-state index contributed by atoms with van der Waals surface area (Å²) in [5.41, 5.74) is 0.866. The highest BCUT2D eigenvalue weighted by Gasteiger charge is 2.47. The Morgan fingerprint density at radius 3 is 2.58 bits per heavy atom. The highest BCUT2D eigenvalue weighted by Crippen LogP contribution is 2.39. The molecule has 0 saturated carbocycles. The maximum absolute atomic E-state index is 12.3. The number of aromatic nitrogens is 1. The summed E-state index contributed by atoms with van der Waals surface area (Å²) >= 11 is 0. The summed E-state index contributed by atoms with van der Waals surface area (Å²) in [4.78, 5) is 34.7. The number of carbonyl (C=O) groups excluding carboxylic acids is 2. The quantitative estimate of drug-likeness (QED) is 0.841. The fraction of sp³-hybridized carbons (Fsp3) is 0.611. The lowest BCUT2D eigenvalue weighted by atomic mass is 9.85. The molecule has 2 aliphatic heterocycles. The van der Waals surface area contributed by atoms with E-state index >= 15 is 0 Å². The van der Waals surface area contributed by atoms with E-state index in [1.807, 2.05) is 30.0 Å². The number of likely N-dealkylation sites (N-methyl/N-ethyl adjacent to an activating group) is 1. The number of amides is 2. The van der Waals surface area contributed by atoms with Gasteiger partial charge in [-0.05, 0) is 38.3 Å². The van der Waals surface area contributed by atoms with E-state index in [2.05, 4.69) is 9.88 Å². The molecular formula is C18H26N4O2. The van der Waals surface area contributed by atoms with E-state index in [9.17, 15) is 9.59 Å². The van der Waals surface area contributed by atoms with Crippen molar-refractivity contribution in [1.29, 1.82) is 0 Å². The van der Waals surface area contributed by atoms with E-state index in [0.29, 0.717) is 6.42 Å². The van der Waals surface area contributed by atoms with Crippen molar-refractivity contribution in [2.75, 3.05) is 38.6 Å². The zero-order chi connectivity index (χ0) is 17.3. The van der Waals surface area contributed by atoms with Gasteiger partial charge >= 0.3 is 0 Å². The molecule has 1 spiro atoms. The average molecular weight is 330 g/mol. The Kier molecular flexibility index (Phi) is 4.47. The molecule has 2 aliphatic rings. The zero-order valence-corrected chi connectivity index (χ0v) is 14.8. The molecule has 6 heteroatoms. The number of piperidine rings is 1. The average Bonchev–Trinajstić information content (AvgIpc) is 2.85. The van der Waals surface area contributed by atoms with Gasteiger partial charge in [-0.25, -0.2) is 4.98 Å². The Balaban J connectivity index is 1.71. The van der Waals surface area contributed by atoms with Crippen molar-refractivity contribution in [1.82, 2.24) is 14.8 Å². The van der Waals surface area contributed by atoms with Crippen LogP contribution in [0.4, 0.5) is 5.82 Å². The second kappa shape index (κ2) is 6.42. The van der Waals surface area contributed by atoms with Gasteiger partial charge in [-0.15, -0.1) is 0 Å². The minimum absolute atomic E-state index is 0.00703. The first-order valence-electron chi connectivity index (χ1n) is 8.60. The SMILES string of the molecule is Cc1cccc(N2CCC3(CCC(=O)N3CC(=O)N(C)C)CC2)n1. The molecule has 6 nitrogen and oxygen atoms in total. The molecule has 0 unspecified atom stereocenters. The number of hydrogen-bond acceptors (Lipinski definition) is 4. The second-order valence-electron chi connectivity index (χ2n) is 7.12. The van der Waals surface area contributed by atoms with Gasteiger partial charge in [-0.3, -0.25) is 9.59 Å². The minimum atomic E-state index is -0.150. The fourth-order valence-electron chi connectivity index (χ4n) is 3.78. The first-order valence-corrected chi connectivity index (χ1v) is 8.60. The predicted octanol–water partition coefficient (Wildman–Crippen LogP) is 1.44. The second-order valence-corrected chi connectivity index (χ2v) is 7.12. The summed E-state index contributed by atoms with van der Waals surface area (Å²) < 4.78 is 0. The topological polar surface area (TPSA) is 56.8 Å². The molecule has 2 fully saturated rings. The van der Waals surface area contributed by atoms with Gasteiger partial charge < -0.3 is 14.7 Å². The summed E-state index contributed by atoms with van der Waals surface area (Å²) in [5.74, 6) is 1.12. The van der Waals surface area contributed by atoms with Crippen LogP contribution in [0.15, 0.2) is 18.2 Å². The molecule has 130 valence electrons. The molecule has 1 aromatic heterocycles. The van der Waals surface area contributed by atoms with Crippen molar-refractivity contribution in [3.05, 3.63) is 23.9 Å². The van der Waals surface area contributed by atoms with Gasteiger partial charge in [0.05, 0.1) is 0 Å². The zero-order valence-electron chi connectivity index (χ0n) is 14.8. The van der Waals surface area contributed by atoms with Crippen molar-refractivity contribution in [2.24, 2.45) is 0 Å². The van der Waals surface area contributed by atoms with Crippen LogP contribution in [0, 0.1) is 6.92 Å². The molecule has 3 heterocycles. The highest BCUT2D eigenvalue weighted by atomic mass is 16.2. The maximum Gasteiger partial charge on any atom is 0.241 e. The number of nitrogens with zero attached hydrogens (tertiary/aromatic N) is 4. The van der Waals surface area contributed by atoms with Crippen molar-refractivity contribution >= 4 is 17.6 Å². The minimum Gasteiger partial charge on any atom is -0.356 e. The van der Waals surface area contributed by atoms with Crippen molar-refractivity contribution < 1.29 is 9.59 Å². The van der Waals surface area contributed by atoms with E-state index in [1.54, 1.807) is 19.0 Å². The van der Waals surface area contributed by atoms with Crippen LogP contribution in [0.1, 0.15) is 31.4 Å². The third-order valence-corrected chi connectivity index (χ3v) is 5.36. The van der Waals surface area contributed by atoms with Gasteiger partial charge in [0, 0.05) is 44.8 Å². The van der Waals surface area contributed by atoms with Gasteiger partial charge in [0.25, 0.3) is 0 Å². The molecule has 0 N–H and O–H groups in total. The number of carbonyl (C=O) groups is 2. The molecular weight excluding hydrogens is 304 g/mol. The summed E-state index contributed by atoms with van der Waals surface area (Å²) in [6.45, 7) is 3.94. The summed E-state index contributed by atoms with van der Waals surface area (Å²) in [7, 11) is 3.48. The molecule has 1 aromatic rings. The molecule has 0 atom stereocenters. The fourth-order valence-corrected chi connectivity index (χ4v) is 3.78. The number of hydrogen-bond donors (Lipinski definition) is 0. The number of aryl methyl sites for hydroxylation is 1. The molecule has 2 amide bonds. The molecule has 0 radical (unpaired) electrons. The highest BCUT2D eigenvalue weighted by molar-refractivity contribution is 5.86. The Hall–Kier alpha value is -2.11. The first-order chi connectivity index (χ1) is 11.4. The van der Waals surface area contributed by atoms with E-state index in [4.69, 9.17) is 0 Å². The van der Waals surface area contributed by atoms with Gasteiger partial charge in [0.15, 0.2) is 0 Å². The van der Waals surface area contributed by atoms with Crippen molar-refractivity contribution in [3.8, 4) is 0 Å². The maximum atomic E-state index is 12.3. The standard InChI is InChI=1S/C18H26N4O2/c1-14-5-4-6-15(19-14)21-11-9-18(10-12-21)8-7-16(23)22(18)13-17(24)20(2)3/h4-6H,7-13H2,1-3H3. The van der Waals surface area contributed by atoms with Crippen LogP contribution in [0.3, 0.4) is 0 Å². The van der Waals surface area contributed by atoms with E-state index in [1.165, 1.54) is 0 Å². The number of likely N-dealkylation sites (tertiary alicyclic amines) is 1. The summed E-state index contributed by atoms with van der Waals surface area (Å²) in [5, 5.41) is 0. The van der Waals surface area contributed by atoms with Crippen LogP contribution in [0.2, 0.25) is 0 Å². The van der Waals surface area contributed by atoms with Crippen LogP contribution in [0.5, 0.6) is 0 Å². The van der Waals surface area contributed by atoms with Crippen LogP contribution in [-0.4, -0.2) is 65.9 Å². The van der Waals surface area contributed by atoms with Crippen LogP contribution in [0.25, 0.3) is 0 Å². The number of anilines is 1. The molecule has 0 bridgehead atoms. The Morgan fingerprint density at radius 2 is 1.96 bits per heavy atom. The summed E-state index contributed by atoms with van der Waals surface area (Å²) in [6.07, 6.45) is 3.22. The third-order valence-electron chi connectivity index (χ3n) is 5.36. The number of rotatable bonds is 3. The Labute approximate surface area is 143 Å². The van der Waals surface area contributed by atoms with Gasteiger partial charge in [-0.2, -0.15) is 0 Å². The molecule has 3 rings (SSSR count). The van der Waals surface area contributed by atoms with Gasteiger partial charge in [-0.1, -0.05) is 6.07 Å². The molecule has 0 aliphatic carbocycles. The lowest BCUT2D eigenvalue weighted by Crippen LogP contribution is -2.55. The number of pyridine rings is 1. The molecule has 24 heavy (non-hydrogen) atoms. The lowest BCUT2D eigenvalue weighted by molar-refractivity contribution is -0.140. The van der Waals surface area contributed by atoms with Crippen molar-refractivity contribution in [2.45, 2.75) is 38.1 Å². The summed E-state index contributed by atoms with van der Waals surface area (Å²) in [6, 6.07) is 6.07. The normalized spacial score (nSPS) is 19.9. The first kappa shape index (κ1) is 16.7. The van der Waals surface area contributed by atoms with Crippen LogP contribution >= 0.6 is 0 Å². The smallest absolute Gasteiger partial charge is 0.241 e. The molecule has 0 aromatic carbocycles. The third kappa shape index (κ3) is 3.09. The van der Waals surface area contributed by atoms with E-state index in [-0.39, 0.29) is 23.9 Å².